The molecular formula is C32H42Cl2N2O5S2. The van der Waals surface area contributed by atoms with Crippen LogP contribution < -0.4 is 0 Å². The Morgan fingerprint density at radius 1 is 1.00 bits per heavy atom. The number of likely N-dealkylation sites (tertiary alicyclic amines) is 1. The van der Waals surface area contributed by atoms with E-state index in [9.17, 15) is 22.2 Å². The van der Waals surface area contributed by atoms with Crippen LogP contribution in [0.3, 0.4) is 0 Å². The Morgan fingerprint density at radius 3 is 2.16 bits per heavy atom. The van der Waals surface area contributed by atoms with Crippen molar-refractivity contribution in [3.8, 4) is 0 Å². The van der Waals surface area contributed by atoms with Crippen molar-refractivity contribution >= 4 is 54.5 Å². The normalized spacial score (nSPS) is 25.1. The van der Waals surface area contributed by atoms with Crippen molar-refractivity contribution in [1.29, 1.82) is 4.78 Å². The Kier molecular flexibility index (Phi) is 10.1. The molecular weight excluding hydrogens is 627 g/mol. The van der Waals surface area contributed by atoms with Crippen molar-refractivity contribution in [3.63, 3.8) is 0 Å². The van der Waals surface area contributed by atoms with Gasteiger partial charge in [0.15, 0.2) is 9.84 Å². The Labute approximate surface area is 266 Å². The van der Waals surface area contributed by atoms with Gasteiger partial charge in [-0.15, -0.1) is 0 Å². The zero-order valence-corrected chi connectivity index (χ0v) is 28.5. The van der Waals surface area contributed by atoms with Gasteiger partial charge in [0.2, 0.25) is 5.91 Å². The van der Waals surface area contributed by atoms with E-state index in [1.807, 2.05) is 44.2 Å². The molecule has 1 N–H and O–H groups in total. The number of sulfone groups is 1. The molecule has 1 saturated heterocycles. The molecule has 1 heterocycles. The number of hydrogen-bond acceptors (Lipinski definition) is 6. The van der Waals surface area contributed by atoms with Crippen LogP contribution in [0.5, 0.6) is 0 Å². The maximum absolute atomic E-state index is 14.8. The third-order valence-corrected chi connectivity index (χ3v) is 13.9. The summed E-state index contributed by atoms with van der Waals surface area (Å²) in [4.78, 5) is 29.9. The number of carbonyl (C=O) groups is 2. The van der Waals surface area contributed by atoms with E-state index in [0.717, 1.165) is 11.1 Å². The zero-order valence-electron chi connectivity index (χ0n) is 25.4. The lowest BCUT2D eigenvalue weighted by Gasteiger charge is -2.53. The van der Waals surface area contributed by atoms with Crippen molar-refractivity contribution in [3.05, 3.63) is 69.7 Å². The van der Waals surface area contributed by atoms with Gasteiger partial charge in [-0.05, 0) is 74.4 Å². The van der Waals surface area contributed by atoms with E-state index in [0.29, 0.717) is 22.9 Å². The minimum atomic E-state index is -3.57. The van der Waals surface area contributed by atoms with Crippen LogP contribution in [0.4, 0.5) is 0 Å². The number of rotatable bonds is 12. The number of hydrogen-bond donors (Lipinski definition) is 1. The van der Waals surface area contributed by atoms with Crippen molar-refractivity contribution in [2.45, 2.75) is 88.8 Å². The van der Waals surface area contributed by atoms with E-state index in [4.69, 9.17) is 28.0 Å². The van der Waals surface area contributed by atoms with Gasteiger partial charge in [-0.2, -0.15) is 0 Å². The summed E-state index contributed by atoms with van der Waals surface area (Å²) in [5.41, 5.74) is 0.438. The summed E-state index contributed by atoms with van der Waals surface area (Å²) in [5, 5.41) is 0.161. The molecule has 2 aromatic carbocycles. The molecule has 5 atom stereocenters. The lowest BCUT2D eigenvalue weighted by Crippen LogP contribution is -2.59. The maximum atomic E-state index is 14.8. The molecule has 2 aromatic rings. The highest BCUT2D eigenvalue weighted by Gasteiger charge is 2.53. The van der Waals surface area contributed by atoms with Crippen LogP contribution in [0.25, 0.3) is 0 Å². The summed E-state index contributed by atoms with van der Waals surface area (Å²) in [5.74, 6) is -1.88. The SMILES string of the molecule is CC(C)[C@@H](CS(=O)(=O)C(C)C)N1C(=O)[C@@](C)(CC(=O)CS(=N)(=O)C2CC2)C[C@H](c2cccc(Cl)c2)[C@H]1c1ccc(Cl)cc1. The average Bonchev–Trinajstić information content (AvgIpc) is 3.75. The monoisotopic (exact) mass is 668 g/mol. The third-order valence-electron chi connectivity index (χ3n) is 8.86. The van der Waals surface area contributed by atoms with E-state index < -0.39 is 42.3 Å². The van der Waals surface area contributed by atoms with Crippen LogP contribution in [0.2, 0.25) is 10.0 Å². The number of halogens is 2. The number of benzene rings is 2. The molecule has 43 heavy (non-hydrogen) atoms. The lowest BCUT2D eigenvalue weighted by atomic mass is 9.66. The van der Waals surface area contributed by atoms with Gasteiger partial charge in [0.25, 0.3) is 0 Å². The largest absolute Gasteiger partial charge is 0.330 e. The Morgan fingerprint density at radius 2 is 1.63 bits per heavy atom. The number of nitrogens with one attached hydrogen (secondary N) is 1. The predicted molar refractivity (Wildman–Crippen MR) is 174 cm³/mol. The van der Waals surface area contributed by atoms with E-state index in [1.54, 1.807) is 43.9 Å². The van der Waals surface area contributed by atoms with E-state index in [2.05, 4.69) is 0 Å². The fraction of sp³-hybridized carbons (Fsp3) is 0.562. The molecule has 0 radical (unpaired) electrons. The first kappa shape index (κ1) is 33.9. The molecule has 4 rings (SSSR count). The first-order chi connectivity index (χ1) is 19.9. The summed E-state index contributed by atoms with van der Waals surface area (Å²) < 4.78 is 47.9. The minimum absolute atomic E-state index is 0.183. The molecule has 1 unspecified atom stereocenters. The highest BCUT2D eigenvalue weighted by Crippen LogP contribution is 2.53. The smallest absolute Gasteiger partial charge is 0.229 e. The number of Topliss-reactive ketones (excluding diaryl/α,β-unsaturated/α-hetero) is 1. The predicted octanol–water partition coefficient (Wildman–Crippen LogP) is 7.07. The number of nitrogens with zero attached hydrogens (tertiary/aromatic N) is 1. The second-order valence-corrected chi connectivity index (χ2v) is 19.0. The first-order valence-electron chi connectivity index (χ1n) is 14.8. The molecule has 0 bridgehead atoms. The fourth-order valence-corrected chi connectivity index (χ4v) is 9.67. The van der Waals surface area contributed by atoms with Gasteiger partial charge in [-0.3, -0.25) is 14.4 Å². The van der Waals surface area contributed by atoms with E-state index in [-0.39, 0.29) is 53.1 Å². The summed E-state index contributed by atoms with van der Waals surface area (Å²) in [7, 11) is -6.64. The van der Waals surface area contributed by atoms with Crippen LogP contribution >= 0.6 is 23.2 Å². The Bertz CT molecular complexity index is 1570. The van der Waals surface area contributed by atoms with Crippen molar-refractivity contribution in [2.24, 2.45) is 11.3 Å². The number of piperidine rings is 1. The molecule has 11 heteroatoms. The Hall–Kier alpha value is -1.94. The van der Waals surface area contributed by atoms with E-state index in [1.165, 1.54) is 0 Å². The van der Waals surface area contributed by atoms with Crippen molar-refractivity contribution < 1.29 is 22.2 Å². The van der Waals surface area contributed by atoms with Gasteiger partial charge in [-0.1, -0.05) is 68.2 Å². The van der Waals surface area contributed by atoms with Crippen LogP contribution in [-0.2, 0) is 29.2 Å². The van der Waals surface area contributed by atoms with Gasteiger partial charge in [0, 0.05) is 33.7 Å². The standard InChI is InChI=1S/C32H42Cl2N2O5S2/c1-20(2)29(19-43(40,41)21(3)4)36-30(22-9-11-24(33)12-10-22)28(23-7-6-8-25(34)15-23)17-32(5,31(36)38)16-26(37)18-42(35,39)27-13-14-27/h6-12,15,20-21,27-30,35H,13-14,16-19H2,1-5H3/t28-,29-,30-,32+,42?/m1/s1. The second-order valence-electron chi connectivity index (χ2n) is 13.1. The van der Waals surface area contributed by atoms with Crippen LogP contribution in [0, 0.1) is 16.1 Å². The zero-order chi connectivity index (χ0) is 31.9. The van der Waals surface area contributed by atoms with Crippen LogP contribution in [0.15, 0.2) is 48.5 Å². The van der Waals surface area contributed by atoms with Gasteiger partial charge >= 0.3 is 0 Å². The average molecular weight is 670 g/mol. The molecule has 1 amide bonds. The lowest BCUT2D eigenvalue weighted by molar-refractivity contribution is -0.157. The maximum Gasteiger partial charge on any atom is 0.229 e. The highest BCUT2D eigenvalue weighted by atomic mass is 35.5. The summed E-state index contributed by atoms with van der Waals surface area (Å²) in [6.07, 6.45) is 1.46. The van der Waals surface area contributed by atoms with Gasteiger partial charge in [0.05, 0.1) is 37.9 Å². The molecule has 0 aromatic heterocycles. The highest BCUT2D eigenvalue weighted by molar-refractivity contribution is 7.94. The minimum Gasteiger partial charge on any atom is -0.330 e. The topological polar surface area (TPSA) is 112 Å². The second kappa shape index (κ2) is 12.8. The van der Waals surface area contributed by atoms with Gasteiger partial charge in [0.1, 0.15) is 5.78 Å². The molecule has 2 fully saturated rings. The van der Waals surface area contributed by atoms with Gasteiger partial charge in [-0.25, -0.2) is 12.6 Å². The van der Waals surface area contributed by atoms with Crippen LogP contribution in [-0.4, -0.2) is 57.3 Å². The number of carbonyl (C=O) groups excluding carboxylic acids is 2. The molecule has 1 aliphatic heterocycles. The molecule has 236 valence electrons. The summed E-state index contributed by atoms with van der Waals surface area (Å²) >= 11 is 12.7. The molecule has 2 aliphatic rings. The van der Waals surface area contributed by atoms with E-state index >= 15 is 0 Å². The molecule has 0 spiro atoms. The van der Waals surface area contributed by atoms with Crippen molar-refractivity contribution in [2.75, 3.05) is 11.5 Å². The number of amides is 1. The van der Waals surface area contributed by atoms with Crippen LogP contribution in [0.1, 0.15) is 83.4 Å². The quantitative estimate of drug-likeness (QED) is 0.260. The Balaban J connectivity index is 1.89. The molecule has 7 nitrogen and oxygen atoms in total. The third kappa shape index (κ3) is 7.66. The van der Waals surface area contributed by atoms with Crippen molar-refractivity contribution in [1.82, 2.24) is 4.90 Å². The fourth-order valence-electron chi connectivity index (χ4n) is 6.23. The summed E-state index contributed by atoms with van der Waals surface area (Å²) in [6, 6.07) is 13.4. The first-order valence-corrected chi connectivity index (χ1v) is 19.0. The summed E-state index contributed by atoms with van der Waals surface area (Å²) in [6.45, 7) is 8.83. The van der Waals surface area contributed by atoms with Gasteiger partial charge < -0.3 is 4.90 Å². The number of ketones is 1. The molecule has 1 saturated carbocycles. The molecule has 1 aliphatic carbocycles.